The summed E-state index contributed by atoms with van der Waals surface area (Å²) < 4.78 is 4.72. The zero-order chi connectivity index (χ0) is 27.0. The molecule has 0 amide bonds. The van der Waals surface area contributed by atoms with Crippen molar-refractivity contribution in [2.75, 3.05) is 27.7 Å². The summed E-state index contributed by atoms with van der Waals surface area (Å²) in [6.45, 7) is 3.59. The van der Waals surface area contributed by atoms with Crippen LogP contribution in [-0.4, -0.2) is 38.6 Å². The molecule has 0 N–H and O–H groups in total. The fourth-order valence-corrected chi connectivity index (χ4v) is 6.35. The molecule has 0 aromatic carbocycles. The topological polar surface area (TPSA) is 29.5 Å². The number of hydrogen-bond acceptors (Lipinski definition) is 3. The summed E-state index contributed by atoms with van der Waals surface area (Å²) in [6.07, 6.45) is 34.4. The van der Waals surface area contributed by atoms with Gasteiger partial charge < -0.3 is 9.64 Å². The van der Waals surface area contributed by atoms with Crippen LogP contribution in [-0.2, 0) is 9.53 Å². The second-order valence-electron chi connectivity index (χ2n) is 12.7. The summed E-state index contributed by atoms with van der Waals surface area (Å²) in [5.74, 6) is 2.86. The summed E-state index contributed by atoms with van der Waals surface area (Å²) in [7, 11) is 6.00. The lowest BCUT2D eigenvalue weighted by molar-refractivity contribution is -0.140. The van der Waals surface area contributed by atoms with E-state index in [1.54, 1.807) is 0 Å². The second kappa shape index (κ2) is 24.5. The molecular weight excluding hydrogens is 454 g/mol. The van der Waals surface area contributed by atoms with Gasteiger partial charge in [0.15, 0.2) is 0 Å². The molecule has 1 aliphatic carbocycles. The number of methoxy groups -OCH3 is 1. The predicted octanol–water partition coefficient (Wildman–Crippen LogP) is 10.4. The van der Waals surface area contributed by atoms with Gasteiger partial charge in [0, 0.05) is 13.0 Å². The molecule has 0 saturated heterocycles. The fourth-order valence-electron chi connectivity index (χ4n) is 6.35. The molecule has 3 atom stereocenters. The lowest BCUT2D eigenvalue weighted by atomic mass is 9.93. The van der Waals surface area contributed by atoms with Crippen LogP contribution < -0.4 is 0 Å². The Kier molecular flexibility index (Phi) is 22.8. The molecule has 220 valence electrons. The molecule has 37 heavy (non-hydrogen) atoms. The van der Waals surface area contributed by atoms with Gasteiger partial charge in [-0.05, 0) is 51.1 Å². The van der Waals surface area contributed by atoms with Crippen molar-refractivity contribution in [3.8, 4) is 0 Å². The van der Waals surface area contributed by atoms with Crippen LogP contribution in [0.15, 0.2) is 0 Å². The molecule has 3 heteroatoms. The highest BCUT2D eigenvalue weighted by Gasteiger charge is 2.41. The highest BCUT2D eigenvalue weighted by Crippen LogP contribution is 2.49. The molecule has 1 rings (SSSR count). The van der Waals surface area contributed by atoms with Crippen molar-refractivity contribution >= 4 is 5.97 Å². The molecule has 0 radical (unpaired) electrons. The lowest BCUT2D eigenvalue weighted by Gasteiger charge is -2.21. The third-order valence-electron chi connectivity index (χ3n) is 8.79. The zero-order valence-electron chi connectivity index (χ0n) is 25.9. The lowest BCUT2D eigenvalue weighted by Crippen LogP contribution is -2.23. The van der Waals surface area contributed by atoms with Crippen molar-refractivity contribution < 1.29 is 9.53 Å². The molecule has 0 heterocycles. The Morgan fingerprint density at radius 1 is 0.703 bits per heavy atom. The Morgan fingerprint density at radius 2 is 1.16 bits per heavy atom. The largest absolute Gasteiger partial charge is 0.469 e. The van der Waals surface area contributed by atoms with E-state index in [1.165, 1.54) is 161 Å². The third-order valence-corrected chi connectivity index (χ3v) is 8.79. The molecule has 1 saturated carbocycles. The SMILES string of the molecule is CCCCCCCCCCCCCCCCCCC(CN(C)C)C1CC1CCCCCCCC(=O)OC. The van der Waals surface area contributed by atoms with Crippen LogP contribution in [0.25, 0.3) is 0 Å². The van der Waals surface area contributed by atoms with Crippen molar-refractivity contribution in [2.24, 2.45) is 17.8 Å². The van der Waals surface area contributed by atoms with Crippen molar-refractivity contribution in [3.63, 3.8) is 0 Å². The highest BCUT2D eigenvalue weighted by atomic mass is 16.5. The average Bonchev–Trinajstić information content (AvgIpc) is 3.66. The average molecular weight is 522 g/mol. The van der Waals surface area contributed by atoms with Crippen LogP contribution in [0.4, 0.5) is 0 Å². The number of unbranched alkanes of at least 4 members (excludes halogenated alkanes) is 19. The third kappa shape index (κ3) is 21.0. The Bertz CT molecular complexity index is 506. The van der Waals surface area contributed by atoms with Crippen molar-refractivity contribution in [2.45, 2.75) is 167 Å². The van der Waals surface area contributed by atoms with Gasteiger partial charge >= 0.3 is 5.97 Å². The van der Waals surface area contributed by atoms with Gasteiger partial charge in [0.05, 0.1) is 7.11 Å². The molecule has 0 bridgehead atoms. The van der Waals surface area contributed by atoms with E-state index in [0.29, 0.717) is 6.42 Å². The maximum absolute atomic E-state index is 11.2. The predicted molar refractivity (Wildman–Crippen MR) is 162 cm³/mol. The highest BCUT2D eigenvalue weighted by molar-refractivity contribution is 5.68. The van der Waals surface area contributed by atoms with Crippen LogP contribution in [0.3, 0.4) is 0 Å². The maximum Gasteiger partial charge on any atom is 0.305 e. The quantitative estimate of drug-likeness (QED) is 0.0757. The molecular formula is C34H67NO2. The standard InChI is InChI=1S/C34H67NO2/c1-5-6-7-8-9-10-11-12-13-14-15-16-17-18-20-24-27-32(30-35(2)3)33-29-31(33)26-23-21-19-22-25-28-34(36)37-4/h31-33H,5-30H2,1-4H3. The van der Waals surface area contributed by atoms with Gasteiger partial charge in [-0.2, -0.15) is 0 Å². The van der Waals surface area contributed by atoms with Crippen LogP contribution in [0, 0.1) is 17.8 Å². The zero-order valence-corrected chi connectivity index (χ0v) is 25.9. The molecule has 1 fully saturated rings. The molecule has 0 spiro atoms. The molecule has 1 aliphatic rings. The van der Waals surface area contributed by atoms with Crippen LogP contribution in [0.1, 0.15) is 167 Å². The Balaban J connectivity index is 1.94. The fraction of sp³-hybridized carbons (Fsp3) is 0.971. The van der Waals surface area contributed by atoms with Crippen molar-refractivity contribution in [3.05, 3.63) is 0 Å². The van der Waals surface area contributed by atoms with E-state index in [0.717, 1.165) is 24.2 Å². The van der Waals surface area contributed by atoms with Crippen LogP contribution in [0.2, 0.25) is 0 Å². The second-order valence-corrected chi connectivity index (χ2v) is 12.7. The summed E-state index contributed by atoms with van der Waals surface area (Å²) in [5.41, 5.74) is 0. The first-order valence-electron chi connectivity index (χ1n) is 16.8. The van der Waals surface area contributed by atoms with Gasteiger partial charge in [-0.15, -0.1) is 0 Å². The van der Waals surface area contributed by atoms with Crippen LogP contribution >= 0.6 is 0 Å². The normalized spacial score (nSPS) is 17.9. The number of rotatable bonds is 28. The number of carbonyl (C=O) groups is 1. The minimum atomic E-state index is -0.0582. The summed E-state index contributed by atoms with van der Waals surface area (Å²) in [5, 5.41) is 0. The smallest absolute Gasteiger partial charge is 0.305 e. The van der Waals surface area contributed by atoms with E-state index in [1.807, 2.05) is 0 Å². The Labute approximate surface area is 233 Å². The van der Waals surface area contributed by atoms with Gasteiger partial charge in [0.2, 0.25) is 0 Å². The van der Waals surface area contributed by atoms with Gasteiger partial charge in [0.25, 0.3) is 0 Å². The van der Waals surface area contributed by atoms with Crippen molar-refractivity contribution in [1.82, 2.24) is 4.90 Å². The molecule has 3 unspecified atom stereocenters. The van der Waals surface area contributed by atoms with Gasteiger partial charge in [-0.25, -0.2) is 0 Å². The Morgan fingerprint density at radius 3 is 1.65 bits per heavy atom. The van der Waals surface area contributed by atoms with Gasteiger partial charge in [0.1, 0.15) is 0 Å². The molecule has 0 aromatic rings. The monoisotopic (exact) mass is 522 g/mol. The summed E-state index contributed by atoms with van der Waals surface area (Å²) in [6, 6.07) is 0. The van der Waals surface area contributed by atoms with E-state index in [4.69, 9.17) is 4.74 Å². The number of hydrogen-bond donors (Lipinski definition) is 0. The number of nitrogens with zero attached hydrogens (tertiary/aromatic N) is 1. The Hall–Kier alpha value is -0.570. The van der Waals surface area contributed by atoms with E-state index >= 15 is 0 Å². The number of ether oxygens (including phenoxy) is 1. The van der Waals surface area contributed by atoms with E-state index in [2.05, 4.69) is 25.9 Å². The maximum atomic E-state index is 11.2. The minimum absolute atomic E-state index is 0.0582. The first kappa shape index (κ1) is 34.5. The molecule has 3 nitrogen and oxygen atoms in total. The minimum Gasteiger partial charge on any atom is -0.469 e. The number of carbonyl (C=O) groups excluding carboxylic acids is 1. The van der Waals surface area contributed by atoms with Gasteiger partial charge in [-0.3, -0.25) is 4.79 Å². The summed E-state index contributed by atoms with van der Waals surface area (Å²) >= 11 is 0. The molecule has 0 aromatic heterocycles. The van der Waals surface area contributed by atoms with Crippen molar-refractivity contribution in [1.29, 1.82) is 0 Å². The number of esters is 1. The first-order valence-corrected chi connectivity index (χ1v) is 16.8. The van der Waals surface area contributed by atoms with Crippen LogP contribution in [0.5, 0.6) is 0 Å². The summed E-state index contributed by atoms with van der Waals surface area (Å²) in [4.78, 5) is 13.6. The molecule has 0 aliphatic heterocycles. The van der Waals surface area contributed by atoms with E-state index in [9.17, 15) is 4.79 Å². The first-order chi connectivity index (χ1) is 18.1. The van der Waals surface area contributed by atoms with E-state index in [-0.39, 0.29) is 5.97 Å². The van der Waals surface area contributed by atoms with E-state index < -0.39 is 0 Å². The van der Waals surface area contributed by atoms with Gasteiger partial charge in [-0.1, -0.05) is 142 Å².